The minimum atomic E-state index is 0.0823. The summed E-state index contributed by atoms with van der Waals surface area (Å²) in [6.45, 7) is 2.83. The Balaban J connectivity index is 1.97. The van der Waals surface area contributed by atoms with Gasteiger partial charge in [0.1, 0.15) is 0 Å². The summed E-state index contributed by atoms with van der Waals surface area (Å²) < 4.78 is 1.05. The average Bonchev–Trinajstić information content (AvgIpc) is 2.72. The molecule has 0 radical (unpaired) electrons. The van der Waals surface area contributed by atoms with E-state index in [0.29, 0.717) is 0 Å². The quantitative estimate of drug-likeness (QED) is 0.848. The molecule has 2 heterocycles. The summed E-state index contributed by atoms with van der Waals surface area (Å²) in [5.74, 6) is 0.0823. The number of hydrogen-bond acceptors (Lipinski definition) is 3. The van der Waals surface area contributed by atoms with Crippen molar-refractivity contribution >= 4 is 39.2 Å². The Morgan fingerprint density at radius 2 is 2.44 bits per heavy atom. The van der Waals surface area contributed by atoms with Crippen molar-refractivity contribution in [2.75, 3.05) is 6.54 Å². The van der Waals surface area contributed by atoms with E-state index in [0.717, 1.165) is 28.7 Å². The lowest BCUT2D eigenvalue weighted by Gasteiger charge is -2.35. The lowest BCUT2D eigenvalue weighted by Crippen LogP contribution is -2.47. The van der Waals surface area contributed by atoms with Gasteiger partial charge in [0.2, 0.25) is 5.91 Å². The molecule has 5 heteroatoms. The van der Waals surface area contributed by atoms with Crippen LogP contribution in [0.15, 0.2) is 22.0 Å². The molecular weight excluding hydrogens is 312 g/mol. The first-order valence-electron chi connectivity index (χ1n) is 6.04. The van der Waals surface area contributed by atoms with Gasteiger partial charge in [-0.2, -0.15) is 0 Å². The zero-order valence-electron chi connectivity index (χ0n) is 10.3. The molecule has 98 valence electrons. The number of nitrogens with zero attached hydrogens (tertiary/aromatic N) is 1. The summed E-state index contributed by atoms with van der Waals surface area (Å²) in [4.78, 5) is 15.1. The minimum Gasteiger partial charge on any atom is -0.336 e. The Hall–Kier alpha value is -0.650. The summed E-state index contributed by atoms with van der Waals surface area (Å²) in [6, 6.07) is 2.48. The third-order valence-corrected chi connectivity index (χ3v) is 4.84. The number of halogens is 1. The second-order valence-electron chi connectivity index (χ2n) is 4.67. The van der Waals surface area contributed by atoms with Gasteiger partial charge < -0.3 is 10.6 Å². The molecular formula is C13H17BrN2OS. The van der Waals surface area contributed by atoms with Crippen LogP contribution in [-0.2, 0) is 4.79 Å². The molecule has 1 aliphatic heterocycles. The molecule has 2 unspecified atom stereocenters. The number of amides is 1. The number of likely N-dealkylation sites (tertiary alicyclic amines) is 1. The summed E-state index contributed by atoms with van der Waals surface area (Å²) in [5, 5.41) is 2.01. The zero-order valence-corrected chi connectivity index (χ0v) is 12.7. The molecule has 1 aromatic heterocycles. The van der Waals surface area contributed by atoms with E-state index in [2.05, 4.69) is 22.9 Å². The van der Waals surface area contributed by atoms with Crippen LogP contribution < -0.4 is 5.73 Å². The first-order valence-corrected chi connectivity index (χ1v) is 7.72. The highest BCUT2D eigenvalue weighted by Crippen LogP contribution is 2.21. The molecule has 0 saturated carbocycles. The number of piperidine rings is 1. The molecule has 2 rings (SSSR count). The molecule has 0 spiro atoms. The first kappa shape index (κ1) is 13.8. The van der Waals surface area contributed by atoms with Crippen LogP contribution in [0.2, 0.25) is 0 Å². The van der Waals surface area contributed by atoms with Crippen LogP contribution in [0, 0.1) is 0 Å². The largest absolute Gasteiger partial charge is 0.336 e. The predicted molar refractivity (Wildman–Crippen MR) is 79.4 cm³/mol. The highest BCUT2D eigenvalue weighted by molar-refractivity contribution is 9.10. The van der Waals surface area contributed by atoms with E-state index in [4.69, 9.17) is 5.73 Å². The van der Waals surface area contributed by atoms with Crippen LogP contribution in [-0.4, -0.2) is 29.4 Å². The molecule has 1 fully saturated rings. The topological polar surface area (TPSA) is 46.3 Å². The molecule has 3 nitrogen and oxygen atoms in total. The molecule has 1 aliphatic rings. The zero-order chi connectivity index (χ0) is 13.1. The fourth-order valence-corrected chi connectivity index (χ4v) is 3.54. The lowest BCUT2D eigenvalue weighted by molar-refractivity contribution is -0.129. The first-order chi connectivity index (χ1) is 8.56. The number of nitrogens with two attached hydrogens (primary N) is 1. The van der Waals surface area contributed by atoms with Crippen molar-refractivity contribution in [1.29, 1.82) is 0 Å². The minimum absolute atomic E-state index is 0.0823. The van der Waals surface area contributed by atoms with E-state index in [9.17, 15) is 4.79 Å². The number of thiophene rings is 1. The molecule has 1 aromatic rings. The second kappa shape index (κ2) is 5.99. The maximum absolute atomic E-state index is 12.1. The van der Waals surface area contributed by atoms with Crippen molar-refractivity contribution in [3.63, 3.8) is 0 Å². The standard InChI is InChI=1S/C13H17BrN2OS/c1-9-6-11(15)4-5-16(9)13(17)3-2-12-7-10(14)8-18-12/h2-3,7-9,11H,4-6,15H2,1H3. The molecule has 0 bridgehead atoms. The van der Waals surface area contributed by atoms with Gasteiger partial charge in [-0.1, -0.05) is 0 Å². The highest BCUT2D eigenvalue weighted by atomic mass is 79.9. The van der Waals surface area contributed by atoms with Gasteiger partial charge in [-0.15, -0.1) is 11.3 Å². The van der Waals surface area contributed by atoms with Gasteiger partial charge in [-0.3, -0.25) is 4.79 Å². The Morgan fingerprint density at radius 1 is 1.67 bits per heavy atom. The van der Waals surface area contributed by atoms with Gasteiger partial charge in [-0.25, -0.2) is 0 Å². The van der Waals surface area contributed by atoms with Crippen LogP contribution in [0.25, 0.3) is 6.08 Å². The Labute approximate surface area is 120 Å². The van der Waals surface area contributed by atoms with E-state index >= 15 is 0 Å². The highest BCUT2D eigenvalue weighted by Gasteiger charge is 2.25. The Kier molecular flexibility index (Phi) is 4.59. The molecule has 2 atom stereocenters. The summed E-state index contributed by atoms with van der Waals surface area (Å²) in [5.41, 5.74) is 5.90. The number of carbonyl (C=O) groups is 1. The van der Waals surface area contributed by atoms with Gasteiger partial charge in [0.05, 0.1) is 0 Å². The lowest BCUT2D eigenvalue weighted by atomic mass is 9.99. The molecule has 0 aromatic carbocycles. The number of hydrogen-bond donors (Lipinski definition) is 1. The fourth-order valence-electron chi connectivity index (χ4n) is 2.20. The van der Waals surface area contributed by atoms with Crippen molar-refractivity contribution in [3.8, 4) is 0 Å². The second-order valence-corrected chi connectivity index (χ2v) is 6.52. The summed E-state index contributed by atoms with van der Waals surface area (Å²) in [7, 11) is 0. The van der Waals surface area contributed by atoms with Gasteiger partial charge in [-0.05, 0) is 47.8 Å². The van der Waals surface area contributed by atoms with E-state index in [-0.39, 0.29) is 18.0 Å². The maximum atomic E-state index is 12.1. The Bertz CT molecular complexity index is 458. The van der Waals surface area contributed by atoms with E-state index < -0.39 is 0 Å². The molecule has 1 amide bonds. The van der Waals surface area contributed by atoms with Crippen molar-refractivity contribution in [2.45, 2.75) is 31.8 Å². The number of rotatable bonds is 2. The van der Waals surface area contributed by atoms with E-state index in [1.54, 1.807) is 17.4 Å². The predicted octanol–water partition coefficient (Wildman–Crippen LogP) is 2.86. The monoisotopic (exact) mass is 328 g/mol. The van der Waals surface area contributed by atoms with Crippen LogP contribution in [0.1, 0.15) is 24.6 Å². The average molecular weight is 329 g/mol. The fraction of sp³-hybridized carbons (Fsp3) is 0.462. The third kappa shape index (κ3) is 3.43. The molecule has 2 N–H and O–H groups in total. The van der Waals surface area contributed by atoms with Gasteiger partial charge in [0, 0.05) is 39.4 Å². The van der Waals surface area contributed by atoms with Gasteiger partial charge in [0.15, 0.2) is 0 Å². The molecule has 1 saturated heterocycles. The third-order valence-electron chi connectivity index (χ3n) is 3.18. The Morgan fingerprint density at radius 3 is 3.06 bits per heavy atom. The van der Waals surface area contributed by atoms with Crippen molar-refractivity contribution < 1.29 is 4.79 Å². The SMILES string of the molecule is CC1CC(N)CCN1C(=O)C=Cc1cc(Br)cs1. The van der Waals surface area contributed by atoms with Crippen molar-refractivity contribution in [3.05, 3.63) is 26.9 Å². The molecule has 0 aliphatic carbocycles. The molecule has 18 heavy (non-hydrogen) atoms. The summed E-state index contributed by atoms with van der Waals surface area (Å²) >= 11 is 5.01. The maximum Gasteiger partial charge on any atom is 0.246 e. The van der Waals surface area contributed by atoms with Crippen LogP contribution in [0.5, 0.6) is 0 Å². The summed E-state index contributed by atoms with van der Waals surface area (Å²) in [6.07, 6.45) is 5.32. The van der Waals surface area contributed by atoms with Crippen molar-refractivity contribution in [1.82, 2.24) is 4.90 Å². The van der Waals surface area contributed by atoms with Crippen LogP contribution in [0.4, 0.5) is 0 Å². The number of carbonyl (C=O) groups excluding carboxylic acids is 1. The normalized spacial score (nSPS) is 24.7. The van der Waals surface area contributed by atoms with Gasteiger partial charge in [0.25, 0.3) is 0 Å². The van der Waals surface area contributed by atoms with Crippen molar-refractivity contribution in [2.24, 2.45) is 5.73 Å². The van der Waals surface area contributed by atoms with Crippen LogP contribution >= 0.6 is 27.3 Å². The van der Waals surface area contributed by atoms with E-state index in [1.165, 1.54) is 0 Å². The van der Waals surface area contributed by atoms with Crippen LogP contribution in [0.3, 0.4) is 0 Å². The van der Waals surface area contributed by atoms with E-state index in [1.807, 2.05) is 22.4 Å². The van der Waals surface area contributed by atoms with Gasteiger partial charge >= 0.3 is 0 Å². The smallest absolute Gasteiger partial charge is 0.246 e.